The number of hydrazine groups is 1. The van der Waals surface area contributed by atoms with Gasteiger partial charge in [0.2, 0.25) is 11.8 Å². The highest BCUT2D eigenvalue weighted by atomic mass is 16.2. The Morgan fingerprint density at radius 1 is 1.00 bits per heavy atom. The number of rotatable bonds is 1. The van der Waals surface area contributed by atoms with Crippen molar-refractivity contribution in [2.75, 3.05) is 0 Å². The van der Waals surface area contributed by atoms with Crippen LogP contribution in [0.5, 0.6) is 0 Å². The first-order valence-corrected chi connectivity index (χ1v) is 6.01. The zero-order chi connectivity index (χ0) is 12.2. The molecule has 1 rings (SSSR count). The monoisotopic (exact) mass is 226 g/mol. The van der Waals surface area contributed by atoms with Gasteiger partial charge in [-0.05, 0) is 12.8 Å². The fourth-order valence-corrected chi connectivity index (χ4v) is 1.77. The maximum atomic E-state index is 11.7. The van der Waals surface area contributed by atoms with Crippen molar-refractivity contribution in [3.8, 4) is 0 Å². The topological polar surface area (TPSA) is 58.2 Å². The smallest absolute Gasteiger partial charge is 0.243 e. The standard InChI is InChI=1S/C12H22N2O2/c1-12(2,3)11(16)14-13-10(15)9-7-5-4-6-8-9/h9H,4-8H2,1-3H3,(H,13,15)(H,14,16). The number of hydrogen-bond donors (Lipinski definition) is 2. The van der Waals surface area contributed by atoms with Gasteiger partial charge in [0, 0.05) is 11.3 Å². The second-order valence-electron chi connectivity index (χ2n) is 5.53. The summed E-state index contributed by atoms with van der Waals surface area (Å²) in [6, 6.07) is 0. The highest BCUT2D eigenvalue weighted by molar-refractivity contribution is 5.85. The summed E-state index contributed by atoms with van der Waals surface area (Å²) in [7, 11) is 0. The lowest BCUT2D eigenvalue weighted by molar-refractivity contribution is -0.135. The molecule has 4 heteroatoms. The van der Waals surface area contributed by atoms with Crippen LogP contribution < -0.4 is 10.9 Å². The molecular weight excluding hydrogens is 204 g/mol. The van der Waals surface area contributed by atoms with E-state index in [0.717, 1.165) is 25.7 Å². The number of hydrogen-bond acceptors (Lipinski definition) is 2. The van der Waals surface area contributed by atoms with Crippen LogP contribution in [0.2, 0.25) is 0 Å². The predicted octanol–water partition coefficient (Wildman–Crippen LogP) is 1.76. The summed E-state index contributed by atoms with van der Waals surface area (Å²) in [5.41, 5.74) is 4.53. The zero-order valence-corrected chi connectivity index (χ0v) is 10.4. The summed E-state index contributed by atoms with van der Waals surface area (Å²) >= 11 is 0. The van der Waals surface area contributed by atoms with Gasteiger partial charge in [-0.25, -0.2) is 0 Å². The van der Waals surface area contributed by atoms with Crippen molar-refractivity contribution >= 4 is 11.8 Å². The number of carbonyl (C=O) groups is 2. The molecule has 0 saturated heterocycles. The summed E-state index contributed by atoms with van der Waals surface area (Å²) in [6.07, 6.45) is 5.34. The molecule has 2 N–H and O–H groups in total. The van der Waals surface area contributed by atoms with E-state index in [1.54, 1.807) is 0 Å². The molecule has 0 aromatic heterocycles. The van der Waals surface area contributed by atoms with Gasteiger partial charge < -0.3 is 0 Å². The molecule has 16 heavy (non-hydrogen) atoms. The quantitative estimate of drug-likeness (QED) is 0.669. The highest BCUT2D eigenvalue weighted by Crippen LogP contribution is 2.23. The Bertz CT molecular complexity index is 263. The molecule has 0 heterocycles. The molecule has 1 aliphatic rings. The molecule has 0 aromatic rings. The van der Waals surface area contributed by atoms with Crippen molar-refractivity contribution in [2.45, 2.75) is 52.9 Å². The van der Waals surface area contributed by atoms with Gasteiger partial charge in [-0.1, -0.05) is 40.0 Å². The third-order valence-corrected chi connectivity index (χ3v) is 2.96. The van der Waals surface area contributed by atoms with Crippen molar-refractivity contribution in [3.63, 3.8) is 0 Å². The largest absolute Gasteiger partial charge is 0.273 e. The van der Waals surface area contributed by atoms with Crippen LogP contribution in [-0.2, 0) is 9.59 Å². The molecule has 92 valence electrons. The Morgan fingerprint density at radius 2 is 1.56 bits per heavy atom. The second-order valence-corrected chi connectivity index (χ2v) is 5.53. The summed E-state index contributed by atoms with van der Waals surface area (Å²) in [4.78, 5) is 23.2. The number of amides is 2. The molecule has 0 unspecified atom stereocenters. The maximum absolute atomic E-state index is 11.7. The van der Waals surface area contributed by atoms with Crippen LogP contribution in [0.1, 0.15) is 52.9 Å². The van der Waals surface area contributed by atoms with Crippen molar-refractivity contribution < 1.29 is 9.59 Å². The van der Waals surface area contributed by atoms with Gasteiger partial charge in [0.25, 0.3) is 0 Å². The van der Waals surface area contributed by atoms with Crippen LogP contribution in [0.15, 0.2) is 0 Å². The van der Waals surface area contributed by atoms with E-state index < -0.39 is 5.41 Å². The summed E-state index contributed by atoms with van der Waals surface area (Å²) in [6.45, 7) is 5.44. The average molecular weight is 226 g/mol. The third kappa shape index (κ3) is 3.83. The van der Waals surface area contributed by atoms with Crippen LogP contribution in [0.25, 0.3) is 0 Å². The Labute approximate surface area is 97.1 Å². The Kier molecular flexibility index (Phi) is 4.33. The summed E-state index contributed by atoms with van der Waals surface area (Å²) in [5.74, 6) is -0.122. The summed E-state index contributed by atoms with van der Waals surface area (Å²) < 4.78 is 0. The number of nitrogens with one attached hydrogen (secondary N) is 2. The lowest BCUT2D eigenvalue weighted by Crippen LogP contribution is -2.48. The van der Waals surface area contributed by atoms with Crippen molar-refractivity contribution in [1.82, 2.24) is 10.9 Å². The lowest BCUT2D eigenvalue weighted by Gasteiger charge is -2.23. The molecule has 4 nitrogen and oxygen atoms in total. The van der Waals surface area contributed by atoms with E-state index in [2.05, 4.69) is 10.9 Å². The first-order chi connectivity index (χ1) is 7.41. The predicted molar refractivity (Wildman–Crippen MR) is 62.3 cm³/mol. The van der Waals surface area contributed by atoms with Crippen molar-refractivity contribution in [3.05, 3.63) is 0 Å². The van der Waals surface area contributed by atoms with Crippen LogP contribution in [0.4, 0.5) is 0 Å². The molecular formula is C12H22N2O2. The zero-order valence-electron chi connectivity index (χ0n) is 10.4. The van der Waals surface area contributed by atoms with Gasteiger partial charge in [-0.15, -0.1) is 0 Å². The Morgan fingerprint density at radius 3 is 2.06 bits per heavy atom. The SMILES string of the molecule is CC(C)(C)C(=O)NNC(=O)C1CCCCC1. The van der Waals surface area contributed by atoms with Crippen molar-refractivity contribution in [2.24, 2.45) is 11.3 Å². The minimum absolute atomic E-state index is 0.0442. The third-order valence-electron chi connectivity index (χ3n) is 2.96. The van der Waals surface area contributed by atoms with Crippen LogP contribution in [0, 0.1) is 11.3 Å². The van der Waals surface area contributed by atoms with Gasteiger partial charge in [-0.3, -0.25) is 20.4 Å². The Balaban J connectivity index is 2.32. The molecule has 1 fully saturated rings. The lowest BCUT2D eigenvalue weighted by atomic mass is 9.89. The average Bonchev–Trinajstić information content (AvgIpc) is 2.25. The minimum atomic E-state index is -0.472. The molecule has 2 amide bonds. The first kappa shape index (κ1) is 13.0. The first-order valence-electron chi connectivity index (χ1n) is 6.01. The van der Waals surface area contributed by atoms with Gasteiger partial charge in [-0.2, -0.15) is 0 Å². The van der Waals surface area contributed by atoms with Gasteiger partial charge in [0.1, 0.15) is 0 Å². The van der Waals surface area contributed by atoms with Gasteiger partial charge >= 0.3 is 0 Å². The normalized spacial score (nSPS) is 17.9. The van der Waals surface area contributed by atoms with Crippen molar-refractivity contribution in [1.29, 1.82) is 0 Å². The summed E-state index contributed by atoms with van der Waals surface area (Å²) in [5, 5.41) is 0. The van der Waals surface area contributed by atoms with E-state index in [9.17, 15) is 9.59 Å². The van der Waals surface area contributed by atoms with Crippen LogP contribution >= 0.6 is 0 Å². The minimum Gasteiger partial charge on any atom is -0.273 e. The van der Waals surface area contributed by atoms with E-state index >= 15 is 0 Å². The molecule has 0 spiro atoms. The van der Waals surface area contributed by atoms with Crippen LogP contribution in [-0.4, -0.2) is 11.8 Å². The molecule has 0 atom stereocenters. The molecule has 0 aliphatic heterocycles. The molecule has 1 aliphatic carbocycles. The van der Waals surface area contributed by atoms with E-state index in [1.165, 1.54) is 6.42 Å². The van der Waals surface area contributed by atoms with Gasteiger partial charge in [0.05, 0.1) is 0 Å². The van der Waals surface area contributed by atoms with E-state index in [-0.39, 0.29) is 17.7 Å². The van der Waals surface area contributed by atoms with E-state index in [0.29, 0.717) is 0 Å². The van der Waals surface area contributed by atoms with Crippen LogP contribution in [0.3, 0.4) is 0 Å². The molecule has 0 aromatic carbocycles. The second kappa shape index (κ2) is 5.32. The maximum Gasteiger partial charge on any atom is 0.243 e. The number of carbonyl (C=O) groups excluding carboxylic acids is 2. The highest BCUT2D eigenvalue weighted by Gasteiger charge is 2.24. The van der Waals surface area contributed by atoms with Gasteiger partial charge in [0.15, 0.2) is 0 Å². The molecule has 0 bridgehead atoms. The molecule has 0 radical (unpaired) electrons. The molecule has 1 saturated carbocycles. The fraction of sp³-hybridized carbons (Fsp3) is 0.833. The Hall–Kier alpha value is -1.06. The van der Waals surface area contributed by atoms with E-state index in [1.807, 2.05) is 20.8 Å². The fourth-order valence-electron chi connectivity index (χ4n) is 1.77. The van der Waals surface area contributed by atoms with E-state index in [4.69, 9.17) is 0 Å².